The van der Waals surface area contributed by atoms with Crippen molar-refractivity contribution in [1.82, 2.24) is 14.8 Å². The summed E-state index contributed by atoms with van der Waals surface area (Å²) in [6.07, 6.45) is 0. The number of thiazole rings is 1. The number of halogens is 3. The lowest BCUT2D eigenvalue weighted by Crippen LogP contribution is -2.02. The third kappa shape index (κ3) is 3.25. The van der Waals surface area contributed by atoms with E-state index in [-0.39, 0.29) is 11.3 Å². The fraction of sp³-hybridized carbons (Fsp3) is 0.105. The Hall–Kier alpha value is -2.83. The van der Waals surface area contributed by atoms with Crippen molar-refractivity contribution in [3.63, 3.8) is 0 Å². The van der Waals surface area contributed by atoms with E-state index in [9.17, 15) is 14.0 Å². The second-order valence-corrected chi connectivity index (χ2v) is 7.80. The number of nitrogens with zero attached hydrogens (tertiary/aromatic N) is 4. The quantitative estimate of drug-likeness (QED) is 0.416. The highest BCUT2D eigenvalue weighted by atomic mass is 79.9. The molecule has 0 spiro atoms. The summed E-state index contributed by atoms with van der Waals surface area (Å²) in [5.74, 6) is -0.202. The standard InChI is InChI=1S/C19H12BrF2N5S/c1-2-27-18(13-7-11(20)8-14(22)17(13)26-27)25-19-24-16(15(9-23)28-19)10-3-5-12(21)6-4-10/h3-8H,2H2,1H3,(H,24,25). The van der Waals surface area contributed by atoms with Crippen molar-refractivity contribution in [2.75, 3.05) is 5.32 Å². The smallest absolute Gasteiger partial charge is 0.190 e. The van der Waals surface area contributed by atoms with Crippen LogP contribution >= 0.6 is 27.3 Å². The van der Waals surface area contributed by atoms with Gasteiger partial charge in [0, 0.05) is 22.0 Å². The van der Waals surface area contributed by atoms with Crippen LogP contribution < -0.4 is 5.32 Å². The molecular weight excluding hydrogens is 448 g/mol. The summed E-state index contributed by atoms with van der Waals surface area (Å²) in [6.45, 7) is 2.42. The van der Waals surface area contributed by atoms with Gasteiger partial charge in [-0.05, 0) is 43.3 Å². The zero-order chi connectivity index (χ0) is 19.8. The fourth-order valence-electron chi connectivity index (χ4n) is 2.87. The Morgan fingerprint density at radius 1 is 1.25 bits per heavy atom. The van der Waals surface area contributed by atoms with Crippen LogP contribution in [0.15, 0.2) is 40.9 Å². The van der Waals surface area contributed by atoms with Gasteiger partial charge >= 0.3 is 0 Å². The van der Waals surface area contributed by atoms with Gasteiger partial charge in [-0.1, -0.05) is 27.3 Å². The van der Waals surface area contributed by atoms with Crippen LogP contribution in [0.3, 0.4) is 0 Å². The minimum absolute atomic E-state index is 0.253. The number of fused-ring (bicyclic) bond motifs is 1. The summed E-state index contributed by atoms with van der Waals surface area (Å²) in [5.41, 5.74) is 1.36. The SMILES string of the molecule is CCn1nc2c(F)cc(Br)cc2c1Nc1nc(-c2ccc(F)cc2)c(C#N)s1. The van der Waals surface area contributed by atoms with Crippen LogP contribution in [0.4, 0.5) is 19.7 Å². The average Bonchev–Trinajstić information content (AvgIpc) is 3.24. The van der Waals surface area contributed by atoms with E-state index in [0.29, 0.717) is 43.5 Å². The van der Waals surface area contributed by atoms with E-state index in [1.54, 1.807) is 22.9 Å². The predicted molar refractivity (Wildman–Crippen MR) is 109 cm³/mol. The van der Waals surface area contributed by atoms with Crippen LogP contribution in [0.5, 0.6) is 0 Å². The molecule has 0 amide bonds. The molecule has 140 valence electrons. The zero-order valence-corrected chi connectivity index (χ0v) is 16.9. The van der Waals surface area contributed by atoms with Crippen molar-refractivity contribution >= 4 is 49.1 Å². The van der Waals surface area contributed by atoms with Crippen LogP contribution in [0.2, 0.25) is 0 Å². The summed E-state index contributed by atoms with van der Waals surface area (Å²) in [7, 11) is 0. The van der Waals surface area contributed by atoms with Gasteiger partial charge in [0.1, 0.15) is 33.8 Å². The van der Waals surface area contributed by atoms with Crippen LogP contribution in [-0.4, -0.2) is 14.8 Å². The fourth-order valence-corrected chi connectivity index (χ4v) is 4.09. The van der Waals surface area contributed by atoms with Crippen molar-refractivity contribution in [3.05, 3.63) is 57.4 Å². The summed E-state index contributed by atoms with van der Waals surface area (Å²) in [4.78, 5) is 4.90. The topological polar surface area (TPSA) is 66.5 Å². The Balaban J connectivity index is 1.80. The Kier molecular flexibility index (Phi) is 4.83. The number of aryl methyl sites for hydroxylation is 1. The van der Waals surface area contributed by atoms with Gasteiger partial charge in [-0.25, -0.2) is 18.4 Å². The first-order chi connectivity index (χ1) is 13.5. The van der Waals surface area contributed by atoms with Gasteiger partial charge in [0.25, 0.3) is 0 Å². The molecule has 0 radical (unpaired) electrons. The molecule has 5 nitrogen and oxygen atoms in total. The molecule has 0 aliphatic rings. The molecule has 0 bridgehead atoms. The van der Waals surface area contributed by atoms with Gasteiger partial charge in [0.15, 0.2) is 10.9 Å². The van der Waals surface area contributed by atoms with E-state index in [1.807, 2.05) is 6.92 Å². The van der Waals surface area contributed by atoms with E-state index >= 15 is 0 Å². The molecule has 0 fully saturated rings. The van der Waals surface area contributed by atoms with E-state index in [1.165, 1.54) is 29.5 Å². The second kappa shape index (κ2) is 7.30. The summed E-state index contributed by atoms with van der Waals surface area (Å²) >= 11 is 4.48. The molecule has 28 heavy (non-hydrogen) atoms. The second-order valence-electron chi connectivity index (χ2n) is 5.89. The first-order valence-electron chi connectivity index (χ1n) is 8.29. The largest absolute Gasteiger partial charge is 0.316 e. The maximum Gasteiger partial charge on any atom is 0.190 e. The van der Waals surface area contributed by atoms with Gasteiger partial charge in [-0.2, -0.15) is 10.4 Å². The summed E-state index contributed by atoms with van der Waals surface area (Å²) in [6, 6.07) is 11.1. The number of hydrogen-bond donors (Lipinski definition) is 1. The van der Waals surface area contributed by atoms with E-state index in [4.69, 9.17) is 0 Å². The Labute approximate surface area is 171 Å². The lowest BCUT2D eigenvalue weighted by molar-refractivity contribution is 0.624. The highest BCUT2D eigenvalue weighted by Crippen LogP contribution is 2.35. The van der Waals surface area contributed by atoms with E-state index < -0.39 is 5.82 Å². The van der Waals surface area contributed by atoms with Crippen molar-refractivity contribution in [2.45, 2.75) is 13.5 Å². The van der Waals surface area contributed by atoms with Gasteiger partial charge < -0.3 is 5.32 Å². The van der Waals surface area contributed by atoms with Crippen molar-refractivity contribution in [3.8, 4) is 17.3 Å². The molecule has 0 atom stereocenters. The Bertz CT molecular complexity index is 1220. The third-order valence-corrected chi connectivity index (χ3v) is 5.47. The van der Waals surface area contributed by atoms with Crippen molar-refractivity contribution in [1.29, 1.82) is 5.26 Å². The first-order valence-corrected chi connectivity index (χ1v) is 9.90. The molecule has 4 aromatic rings. The van der Waals surface area contributed by atoms with E-state index in [2.05, 4.69) is 37.4 Å². The molecule has 0 saturated carbocycles. The molecule has 4 rings (SSSR count). The maximum absolute atomic E-state index is 14.3. The number of aromatic nitrogens is 3. The molecule has 2 aromatic carbocycles. The van der Waals surface area contributed by atoms with Gasteiger partial charge in [0.05, 0.1) is 0 Å². The van der Waals surface area contributed by atoms with Crippen molar-refractivity contribution in [2.24, 2.45) is 0 Å². The molecule has 1 N–H and O–H groups in total. The number of hydrogen-bond acceptors (Lipinski definition) is 5. The van der Waals surface area contributed by atoms with Gasteiger partial charge in [0.2, 0.25) is 0 Å². The van der Waals surface area contributed by atoms with E-state index in [0.717, 1.165) is 0 Å². The maximum atomic E-state index is 14.3. The predicted octanol–water partition coefficient (Wildman–Crippen LogP) is 5.84. The molecule has 0 aliphatic heterocycles. The highest BCUT2D eigenvalue weighted by Gasteiger charge is 2.18. The number of rotatable bonds is 4. The normalized spacial score (nSPS) is 11.0. The molecule has 0 aliphatic carbocycles. The molecular formula is C19H12BrF2N5S. The zero-order valence-electron chi connectivity index (χ0n) is 14.5. The molecule has 9 heteroatoms. The van der Waals surface area contributed by atoms with Crippen LogP contribution in [-0.2, 0) is 6.54 Å². The Morgan fingerprint density at radius 2 is 2.00 bits per heavy atom. The number of nitriles is 1. The minimum Gasteiger partial charge on any atom is -0.316 e. The number of nitrogens with one attached hydrogen (secondary N) is 1. The third-order valence-electron chi connectivity index (χ3n) is 4.13. The first kappa shape index (κ1) is 18.5. The monoisotopic (exact) mass is 459 g/mol. The molecule has 0 unspecified atom stereocenters. The van der Waals surface area contributed by atoms with Crippen LogP contribution in [0.25, 0.3) is 22.2 Å². The minimum atomic E-state index is -0.427. The molecule has 0 saturated heterocycles. The van der Waals surface area contributed by atoms with Crippen LogP contribution in [0.1, 0.15) is 11.8 Å². The molecule has 2 heterocycles. The lowest BCUT2D eigenvalue weighted by Gasteiger charge is -2.06. The van der Waals surface area contributed by atoms with Crippen LogP contribution in [0, 0.1) is 23.0 Å². The van der Waals surface area contributed by atoms with Gasteiger partial charge in [-0.15, -0.1) is 0 Å². The molecule has 2 aromatic heterocycles. The average molecular weight is 460 g/mol. The summed E-state index contributed by atoms with van der Waals surface area (Å²) < 4.78 is 29.7. The number of anilines is 2. The number of benzene rings is 2. The Morgan fingerprint density at radius 3 is 2.68 bits per heavy atom. The lowest BCUT2D eigenvalue weighted by atomic mass is 10.1. The summed E-state index contributed by atoms with van der Waals surface area (Å²) in [5, 5.41) is 18.0. The van der Waals surface area contributed by atoms with Crippen molar-refractivity contribution < 1.29 is 8.78 Å². The van der Waals surface area contributed by atoms with Gasteiger partial charge in [-0.3, -0.25) is 0 Å². The highest BCUT2D eigenvalue weighted by molar-refractivity contribution is 9.10.